The third-order valence-electron chi connectivity index (χ3n) is 3.12. The SMILES string of the molecule is COc1ccc(C2=CC(c3cccs3)NC(=S)N2)cc1. The van der Waals surface area contributed by atoms with Crippen molar-refractivity contribution in [1.29, 1.82) is 0 Å². The van der Waals surface area contributed by atoms with E-state index >= 15 is 0 Å². The largest absolute Gasteiger partial charge is 0.497 e. The summed E-state index contributed by atoms with van der Waals surface area (Å²) < 4.78 is 5.18. The van der Waals surface area contributed by atoms with Crippen LogP contribution in [0.2, 0.25) is 0 Å². The molecule has 1 aromatic heterocycles. The summed E-state index contributed by atoms with van der Waals surface area (Å²) >= 11 is 7.02. The summed E-state index contributed by atoms with van der Waals surface area (Å²) in [5, 5.41) is 9.20. The minimum absolute atomic E-state index is 0.126. The average molecular weight is 302 g/mol. The maximum absolute atomic E-state index is 5.30. The number of rotatable bonds is 3. The molecular formula is C15H14N2OS2. The van der Waals surface area contributed by atoms with E-state index < -0.39 is 0 Å². The summed E-state index contributed by atoms with van der Waals surface area (Å²) in [6, 6.07) is 12.2. The second-order valence-electron chi connectivity index (χ2n) is 4.40. The van der Waals surface area contributed by atoms with Gasteiger partial charge in [-0.3, -0.25) is 0 Å². The smallest absolute Gasteiger partial charge is 0.171 e. The van der Waals surface area contributed by atoms with E-state index in [1.165, 1.54) is 4.88 Å². The molecule has 0 bridgehead atoms. The molecule has 20 heavy (non-hydrogen) atoms. The number of methoxy groups -OCH3 is 1. The molecule has 2 N–H and O–H groups in total. The molecule has 3 nitrogen and oxygen atoms in total. The summed E-state index contributed by atoms with van der Waals surface area (Å²) in [7, 11) is 1.67. The van der Waals surface area contributed by atoms with Crippen LogP contribution in [0.4, 0.5) is 0 Å². The summed E-state index contributed by atoms with van der Waals surface area (Å²) in [5.74, 6) is 0.848. The van der Waals surface area contributed by atoms with Gasteiger partial charge in [0, 0.05) is 10.6 Å². The first-order valence-corrected chi connectivity index (χ1v) is 7.52. The van der Waals surface area contributed by atoms with E-state index in [2.05, 4.69) is 28.2 Å². The minimum Gasteiger partial charge on any atom is -0.497 e. The van der Waals surface area contributed by atoms with Crippen LogP contribution in [0.15, 0.2) is 47.9 Å². The lowest BCUT2D eigenvalue weighted by atomic mass is 10.1. The van der Waals surface area contributed by atoms with Crippen LogP contribution in [-0.2, 0) is 0 Å². The first-order valence-electron chi connectivity index (χ1n) is 6.23. The van der Waals surface area contributed by atoms with Crippen molar-refractivity contribution in [3.05, 3.63) is 58.3 Å². The fraction of sp³-hybridized carbons (Fsp3) is 0.133. The Labute approximate surface area is 127 Å². The molecule has 2 heterocycles. The van der Waals surface area contributed by atoms with Crippen LogP contribution >= 0.6 is 23.6 Å². The van der Waals surface area contributed by atoms with Crippen molar-refractivity contribution in [2.75, 3.05) is 7.11 Å². The summed E-state index contributed by atoms with van der Waals surface area (Å²) in [6.45, 7) is 0. The van der Waals surface area contributed by atoms with Crippen molar-refractivity contribution in [3.63, 3.8) is 0 Å². The van der Waals surface area contributed by atoms with Crippen LogP contribution in [0, 0.1) is 0 Å². The highest BCUT2D eigenvalue weighted by molar-refractivity contribution is 7.80. The van der Waals surface area contributed by atoms with E-state index in [1.807, 2.05) is 30.3 Å². The van der Waals surface area contributed by atoms with Gasteiger partial charge in [-0.2, -0.15) is 0 Å². The average Bonchev–Trinajstić information content (AvgIpc) is 3.01. The molecule has 1 aromatic carbocycles. The number of ether oxygens (including phenoxy) is 1. The summed E-state index contributed by atoms with van der Waals surface area (Å²) in [5.41, 5.74) is 2.12. The van der Waals surface area contributed by atoms with Crippen LogP contribution in [0.3, 0.4) is 0 Å². The van der Waals surface area contributed by atoms with E-state index in [9.17, 15) is 0 Å². The van der Waals surface area contributed by atoms with Crippen LogP contribution < -0.4 is 15.4 Å². The predicted molar refractivity (Wildman–Crippen MR) is 86.9 cm³/mol. The van der Waals surface area contributed by atoms with Crippen LogP contribution in [0.25, 0.3) is 5.70 Å². The van der Waals surface area contributed by atoms with Gasteiger partial charge < -0.3 is 15.4 Å². The van der Waals surface area contributed by atoms with Crippen molar-refractivity contribution in [3.8, 4) is 5.75 Å². The molecule has 0 saturated carbocycles. The number of thiophene rings is 1. The number of benzene rings is 1. The van der Waals surface area contributed by atoms with E-state index in [4.69, 9.17) is 17.0 Å². The predicted octanol–water partition coefficient (Wildman–Crippen LogP) is 3.32. The molecule has 1 aliphatic heterocycles. The van der Waals surface area contributed by atoms with Crippen molar-refractivity contribution in [2.45, 2.75) is 6.04 Å². The molecule has 0 fully saturated rings. The molecule has 0 spiro atoms. The Bertz CT molecular complexity index is 632. The van der Waals surface area contributed by atoms with Gasteiger partial charge >= 0.3 is 0 Å². The highest BCUT2D eigenvalue weighted by Crippen LogP contribution is 2.27. The molecule has 1 atom stereocenters. The molecule has 0 amide bonds. The summed E-state index contributed by atoms with van der Waals surface area (Å²) in [6.07, 6.45) is 2.16. The van der Waals surface area contributed by atoms with Crippen LogP contribution in [0.1, 0.15) is 16.5 Å². The third-order valence-corrected chi connectivity index (χ3v) is 4.29. The molecule has 1 unspecified atom stereocenters. The zero-order valence-corrected chi connectivity index (χ0v) is 12.6. The lowest BCUT2D eigenvalue weighted by Crippen LogP contribution is -2.40. The highest BCUT2D eigenvalue weighted by Gasteiger charge is 2.18. The lowest BCUT2D eigenvalue weighted by Gasteiger charge is -2.25. The van der Waals surface area contributed by atoms with Gasteiger partial charge in [0.15, 0.2) is 5.11 Å². The standard InChI is InChI=1S/C15H14N2OS2/c1-18-11-6-4-10(5-7-11)12-9-13(17-15(19)16-12)14-3-2-8-20-14/h2-9,13H,1H3,(H2,16,17,19). The summed E-state index contributed by atoms with van der Waals surface area (Å²) in [4.78, 5) is 1.25. The van der Waals surface area contributed by atoms with Gasteiger partial charge in [0.1, 0.15) is 5.75 Å². The van der Waals surface area contributed by atoms with Crippen molar-refractivity contribution in [2.24, 2.45) is 0 Å². The molecule has 0 saturated heterocycles. The Morgan fingerprint density at radius 2 is 2.00 bits per heavy atom. The first-order chi connectivity index (χ1) is 9.76. The Hall–Kier alpha value is -1.85. The van der Waals surface area contributed by atoms with Crippen LogP contribution in [-0.4, -0.2) is 12.2 Å². The fourth-order valence-corrected chi connectivity index (χ4v) is 3.09. The van der Waals surface area contributed by atoms with Gasteiger partial charge in [-0.05, 0) is 59.6 Å². The van der Waals surface area contributed by atoms with Crippen LogP contribution in [0.5, 0.6) is 5.75 Å². The van der Waals surface area contributed by atoms with Gasteiger partial charge in [-0.25, -0.2) is 0 Å². The maximum atomic E-state index is 5.30. The molecule has 0 aliphatic carbocycles. The van der Waals surface area contributed by atoms with Gasteiger partial charge in [-0.1, -0.05) is 6.07 Å². The van der Waals surface area contributed by atoms with Crippen molar-refractivity contribution < 1.29 is 4.74 Å². The van der Waals surface area contributed by atoms with E-state index in [0.717, 1.165) is 17.0 Å². The molecule has 5 heteroatoms. The van der Waals surface area contributed by atoms with Gasteiger partial charge in [0.05, 0.1) is 13.2 Å². The maximum Gasteiger partial charge on any atom is 0.171 e. The molecule has 0 radical (unpaired) electrons. The Kier molecular flexibility index (Phi) is 3.71. The number of hydrogen-bond acceptors (Lipinski definition) is 3. The Morgan fingerprint density at radius 1 is 1.20 bits per heavy atom. The molecule has 2 aromatic rings. The number of nitrogens with one attached hydrogen (secondary N) is 2. The molecule has 102 valence electrons. The second kappa shape index (κ2) is 5.64. The zero-order valence-electron chi connectivity index (χ0n) is 10.9. The molecular weight excluding hydrogens is 288 g/mol. The highest BCUT2D eigenvalue weighted by atomic mass is 32.1. The Balaban J connectivity index is 1.92. The molecule has 1 aliphatic rings. The van der Waals surface area contributed by atoms with Crippen molar-refractivity contribution in [1.82, 2.24) is 10.6 Å². The Morgan fingerprint density at radius 3 is 2.65 bits per heavy atom. The number of hydrogen-bond donors (Lipinski definition) is 2. The van der Waals surface area contributed by atoms with Crippen molar-refractivity contribution >= 4 is 34.4 Å². The van der Waals surface area contributed by atoms with E-state index in [1.54, 1.807) is 18.4 Å². The first kappa shape index (κ1) is 13.1. The molecule has 3 rings (SSSR count). The third kappa shape index (κ3) is 2.69. The van der Waals surface area contributed by atoms with Gasteiger partial charge in [0.2, 0.25) is 0 Å². The topological polar surface area (TPSA) is 33.3 Å². The second-order valence-corrected chi connectivity index (χ2v) is 5.79. The quantitative estimate of drug-likeness (QED) is 0.852. The normalized spacial score (nSPS) is 17.9. The monoisotopic (exact) mass is 302 g/mol. The van der Waals surface area contributed by atoms with E-state index in [-0.39, 0.29) is 6.04 Å². The van der Waals surface area contributed by atoms with Gasteiger partial charge in [0.25, 0.3) is 0 Å². The van der Waals surface area contributed by atoms with E-state index in [0.29, 0.717) is 5.11 Å². The van der Waals surface area contributed by atoms with Gasteiger partial charge in [-0.15, -0.1) is 11.3 Å². The fourth-order valence-electron chi connectivity index (χ4n) is 2.11. The lowest BCUT2D eigenvalue weighted by molar-refractivity contribution is 0.415. The minimum atomic E-state index is 0.126. The zero-order chi connectivity index (χ0) is 13.9. The number of thiocarbonyl (C=S) groups is 1.